The SMILES string of the molecule is BC(c1nc2ccccc2[nH]1)(c1cc(F)ccc1O)n1ccc2cc(-c3ccc(C4CCN(C)CC4)cc3)cc(F)c2c1=O. The van der Waals surface area contributed by atoms with Gasteiger partial charge in [-0.05, 0) is 110 Å². The van der Waals surface area contributed by atoms with E-state index < -0.39 is 22.6 Å². The Morgan fingerprint density at radius 3 is 2.45 bits per heavy atom. The second-order valence-corrected chi connectivity index (χ2v) is 11.9. The summed E-state index contributed by atoms with van der Waals surface area (Å²) >= 11 is 0. The first kappa shape index (κ1) is 28.0. The van der Waals surface area contributed by atoms with Gasteiger partial charge in [0, 0.05) is 11.8 Å². The van der Waals surface area contributed by atoms with E-state index in [4.69, 9.17) is 4.98 Å². The molecule has 1 fully saturated rings. The molecule has 4 aromatic carbocycles. The molecule has 6 aromatic rings. The number of rotatable bonds is 5. The van der Waals surface area contributed by atoms with Crippen LogP contribution in [0.1, 0.15) is 35.7 Å². The molecule has 2 N–H and O–H groups in total. The van der Waals surface area contributed by atoms with E-state index in [0.717, 1.165) is 37.6 Å². The van der Waals surface area contributed by atoms with Crippen molar-refractivity contribution in [2.24, 2.45) is 0 Å². The van der Waals surface area contributed by atoms with Crippen molar-refractivity contribution >= 4 is 29.7 Å². The summed E-state index contributed by atoms with van der Waals surface area (Å²) in [5, 5.41) is 11.2. The fourth-order valence-corrected chi connectivity index (χ4v) is 6.59. The topological polar surface area (TPSA) is 74.2 Å². The molecule has 1 saturated heterocycles. The van der Waals surface area contributed by atoms with E-state index in [1.165, 1.54) is 28.3 Å². The predicted octanol–water partition coefficient (Wildman–Crippen LogP) is 5.72. The first-order valence-corrected chi connectivity index (χ1v) is 14.8. The van der Waals surface area contributed by atoms with Crippen molar-refractivity contribution in [3.05, 3.63) is 130 Å². The van der Waals surface area contributed by atoms with E-state index in [9.17, 15) is 14.3 Å². The molecule has 0 spiro atoms. The maximum absolute atomic E-state index is 15.9. The normalized spacial score (nSPS) is 16.0. The number of pyridine rings is 1. The highest BCUT2D eigenvalue weighted by Gasteiger charge is 2.38. The molecule has 6 nitrogen and oxygen atoms in total. The smallest absolute Gasteiger partial charge is 0.261 e. The third kappa shape index (κ3) is 4.68. The second kappa shape index (κ2) is 10.8. The molecule has 1 atom stereocenters. The molecule has 220 valence electrons. The fraction of sp³-hybridized carbons (Fsp3) is 0.200. The van der Waals surface area contributed by atoms with Crippen molar-refractivity contribution in [1.82, 2.24) is 19.4 Å². The molecule has 0 radical (unpaired) electrons. The van der Waals surface area contributed by atoms with Crippen LogP contribution in [-0.2, 0) is 5.44 Å². The van der Waals surface area contributed by atoms with Crippen LogP contribution in [0, 0.1) is 11.6 Å². The van der Waals surface area contributed by atoms with E-state index in [1.54, 1.807) is 20.1 Å². The third-order valence-electron chi connectivity index (χ3n) is 9.21. The molecule has 3 heterocycles. The number of para-hydroxylation sites is 2. The first-order chi connectivity index (χ1) is 21.2. The number of aromatic hydroxyl groups is 1. The Labute approximate surface area is 254 Å². The number of hydrogen-bond donors (Lipinski definition) is 2. The summed E-state index contributed by atoms with van der Waals surface area (Å²) in [5.74, 6) is -0.660. The van der Waals surface area contributed by atoms with E-state index >= 15 is 4.39 Å². The zero-order chi connectivity index (χ0) is 30.6. The van der Waals surface area contributed by atoms with Gasteiger partial charge in [-0.25, -0.2) is 13.8 Å². The van der Waals surface area contributed by atoms with Crippen molar-refractivity contribution in [2.75, 3.05) is 20.1 Å². The lowest BCUT2D eigenvalue weighted by molar-refractivity contribution is 0.255. The highest BCUT2D eigenvalue weighted by molar-refractivity contribution is 6.18. The van der Waals surface area contributed by atoms with Crippen LogP contribution in [0.15, 0.2) is 95.9 Å². The summed E-state index contributed by atoms with van der Waals surface area (Å²) < 4.78 is 31.8. The number of halogens is 2. The number of nitrogens with zero attached hydrogens (tertiary/aromatic N) is 3. The molecule has 1 aliphatic heterocycles. The van der Waals surface area contributed by atoms with Crippen molar-refractivity contribution < 1.29 is 13.9 Å². The molecule has 0 bridgehead atoms. The summed E-state index contributed by atoms with van der Waals surface area (Å²) in [7, 11) is 3.80. The van der Waals surface area contributed by atoms with Crippen LogP contribution in [0.5, 0.6) is 5.75 Å². The number of benzene rings is 4. The average Bonchev–Trinajstić information content (AvgIpc) is 3.47. The van der Waals surface area contributed by atoms with Gasteiger partial charge < -0.3 is 19.6 Å². The monoisotopic (exact) mass is 588 g/mol. The van der Waals surface area contributed by atoms with Gasteiger partial charge in [-0.2, -0.15) is 0 Å². The number of phenolic OH excluding ortho intramolecular Hbond substituents is 1. The van der Waals surface area contributed by atoms with Crippen LogP contribution in [0.2, 0.25) is 0 Å². The van der Waals surface area contributed by atoms with Gasteiger partial charge in [0.15, 0.2) is 7.85 Å². The molecule has 1 unspecified atom stereocenters. The zero-order valence-corrected chi connectivity index (χ0v) is 24.5. The lowest BCUT2D eigenvalue weighted by Crippen LogP contribution is -2.44. The summed E-state index contributed by atoms with van der Waals surface area (Å²) in [6.45, 7) is 2.15. The van der Waals surface area contributed by atoms with Crippen LogP contribution in [0.3, 0.4) is 0 Å². The Kier molecular flexibility index (Phi) is 6.85. The highest BCUT2D eigenvalue weighted by atomic mass is 19.1. The number of fused-ring (bicyclic) bond motifs is 2. The van der Waals surface area contributed by atoms with Gasteiger partial charge in [-0.15, -0.1) is 0 Å². The Bertz CT molecular complexity index is 2050. The molecule has 0 amide bonds. The zero-order valence-electron chi connectivity index (χ0n) is 24.5. The van der Waals surface area contributed by atoms with Crippen LogP contribution in [0.25, 0.3) is 32.9 Å². The summed E-state index contributed by atoms with van der Waals surface area (Å²) in [6.07, 6.45) is 3.79. The van der Waals surface area contributed by atoms with Crippen LogP contribution < -0.4 is 5.56 Å². The molecule has 0 saturated carbocycles. The number of H-pyrrole nitrogens is 1. The number of aromatic amines is 1. The second-order valence-electron chi connectivity index (χ2n) is 11.9. The first-order valence-electron chi connectivity index (χ1n) is 14.8. The Morgan fingerprint density at radius 1 is 0.955 bits per heavy atom. The highest BCUT2D eigenvalue weighted by Crippen LogP contribution is 2.37. The predicted molar refractivity (Wildman–Crippen MR) is 172 cm³/mol. The lowest BCUT2D eigenvalue weighted by atomic mass is 9.70. The molecule has 2 aromatic heterocycles. The number of likely N-dealkylation sites (tertiary alicyclic amines) is 1. The Hall–Kier alpha value is -4.76. The lowest BCUT2D eigenvalue weighted by Gasteiger charge is -2.32. The van der Waals surface area contributed by atoms with E-state index in [0.29, 0.717) is 33.7 Å². The standard InChI is InChI=1S/C35H31BF2N4O2/c1-41-15-12-23(13-16-41)21-6-8-22(9-7-21)25-18-24-14-17-42(33(44)32(24)28(38)19-25)35(36,27-20-26(37)10-11-31(27)43)34-39-29-4-2-3-5-30(29)40-34/h2-11,14,17-20,23,43H,12-13,15-16,36H2,1H3,(H,39,40). The van der Waals surface area contributed by atoms with Crippen molar-refractivity contribution in [3.8, 4) is 16.9 Å². The third-order valence-corrected chi connectivity index (χ3v) is 9.21. The number of imidazole rings is 1. The minimum absolute atomic E-state index is 0.0996. The summed E-state index contributed by atoms with van der Waals surface area (Å²) in [6, 6.07) is 24.0. The van der Waals surface area contributed by atoms with E-state index in [2.05, 4.69) is 29.1 Å². The van der Waals surface area contributed by atoms with Crippen molar-refractivity contribution in [2.45, 2.75) is 24.2 Å². The molecule has 7 rings (SSSR count). The van der Waals surface area contributed by atoms with Crippen LogP contribution >= 0.6 is 0 Å². The average molecular weight is 588 g/mol. The summed E-state index contributed by atoms with van der Waals surface area (Å²) in [4.78, 5) is 24.4. The van der Waals surface area contributed by atoms with Gasteiger partial charge in [0.1, 0.15) is 23.2 Å². The maximum atomic E-state index is 15.9. The van der Waals surface area contributed by atoms with Gasteiger partial charge in [0.05, 0.1) is 21.9 Å². The van der Waals surface area contributed by atoms with Crippen LogP contribution in [-0.4, -0.2) is 52.5 Å². The van der Waals surface area contributed by atoms with Crippen molar-refractivity contribution in [1.29, 1.82) is 0 Å². The Balaban J connectivity index is 1.34. The number of aromatic nitrogens is 3. The van der Waals surface area contributed by atoms with Gasteiger partial charge >= 0.3 is 0 Å². The quantitative estimate of drug-likeness (QED) is 0.253. The molecular weight excluding hydrogens is 557 g/mol. The molecule has 9 heteroatoms. The van der Waals surface area contributed by atoms with Gasteiger partial charge in [-0.1, -0.05) is 36.4 Å². The minimum Gasteiger partial charge on any atom is -0.508 e. The number of phenols is 1. The number of hydrogen-bond acceptors (Lipinski definition) is 4. The largest absolute Gasteiger partial charge is 0.508 e. The van der Waals surface area contributed by atoms with E-state index in [1.807, 2.05) is 42.5 Å². The number of piperidine rings is 1. The maximum Gasteiger partial charge on any atom is 0.261 e. The van der Waals surface area contributed by atoms with E-state index in [-0.39, 0.29) is 16.7 Å². The molecule has 1 aliphatic rings. The molecule has 44 heavy (non-hydrogen) atoms. The molecular formula is C35H31BF2N4O2. The number of nitrogens with one attached hydrogen (secondary N) is 1. The molecule has 0 aliphatic carbocycles. The van der Waals surface area contributed by atoms with Gasteiger partial charge in [0.2, 0.25) is 0 Å². The minimum atomic E-state index is -1.51. The van der Waals surface area contributed by atoms with Gasteiger partial charge in [-0.3, -0.25) is 4.79 Å². The van der Waals surface area contributed by atoms with Crippen molar-refractivity contribution in [3.63, 3.8) is 0 Å². The fourth-order valence-electron chi connectivity index (χ4n) is 6.59. The van der Waals surface area contributed by atoms with Crippen LogP contribution in [0.4, 0.5) is 8.78 Å². The Morgan fingerprint density at radius 2 is 1.70 bits per heavy atom. The van der Waals surface area contributed by atoms with Gasteiger partial charge in [0.25, 0.3) is 5.56 Å². The summed E-state index contributed by atoms with van der Waals surface area (Å²) in [5.41, 5.74) is 2.14.